The number of H-pyrrole nitrogens is 1. The molecule has 2 heterocycles. The second-order valence-electron chi connectivity index (χ2n) is 9.50. The molecule has 4 aromatic rings. The van der Waals surface area contributed by atoms with E-state index in [4.69, 9.17) is 0 Å². The van der Waals surface area contributed by atoms with E-state index in [0.29, 0.717) is 12.1 Å². The van der Waals surface area contributed by atoms with Gasteiger partial charge in [0.1, 0.15) is 0 Å². The maximum Gasteiger partial charge on any atom is 0.252 e. The van der Waals surface area contributed by atoms with Crippen molar-refractivity contribution in [1.29, 1.82) is 0 Å². The molecule has 2 aromatic heterocycles. The minimum Gasteiger partial charge on any atom is -0.355 e. The summed E-state index contributed by atoms with van der Waals surface area (Å²) in [6, 6.07) is 22.9. The van der Waals surface area contributed by atoms with Gasteiger partial charge in [-0.05, 0) is 74.7 Å². The SMILES string of the molecule is CN(C)C1(c2ccccc2)CC=C(c2[nH]c3ccccc3c2CCNC(=O)c2cccnc2)CC1. The van der Waals surface area contributed by atoms with Crippen LogP contribution in [0.1, 0.15) is 46.4 Å². The molecule has 0 bridgehead atoms. The van der Waals surface area contributed by atoms with Crippen LogP contribution in [0.5, 0.6) is 0 Å². The van der Waals surface area contributed by atoms with Gasteiger partial charge in [0.15, 0.2) is 0 Å². The highest BCUT2D eigenvalue weighted by Crippen LogP contribution is 2.43. The van der Waals surface area contributed by atoms with E-state index in [-0.39, 0.29) is 11.4 Å². The topological polar surface area (TPSA) is 61.0 Å². The third-order valence-corrected chi connectivity index (χ3v) is 7.38. The van der Waals surface area contributed by atoms with Crippen LogP contribution in [0, 0.1) is 0 Å². The largest absolute Gasteiger partial charge is 0.355 e. The van der Waals surface area contributed by atoms with Crippen molar-refractivity contribution in [2.45, 2.75) is 31.2 Å². The second-order valence-corrected chi connectivity index (χ2v) is 9.50. The molecule has 5 nitrogen and oxygen atoms in total. The van der Waals surface area contributed by atoms with E-state index in [1.165, 1.54) is 27.8 Å². The Morgan fingerprint density at radius 3 is 2.57 bits per heavy atom. The van der Waals surface area contributed by atoms with Gasteiger partial charge in [-0.1, -0.05) is 54.6 Å². The van der Waals surface area contributed by atoms with Crippen LogP contribution in [0.4, 0.5) is 0 Å². The van der Waals surface area contributed by atoms with Crippen LogP contribution in [0.2, 0.25) is 0 Å². The van der Waals surface area contributed by atoms with Gasteiger partial charge >= 0.3 is 0 Å². The summed E-state index contributed by atoms with van der Waals surface area (Å²) in [5, 5.41) is 4.29. The van der Waals surface area contributed by atoms with Crippen LogP contribution in [0.25, 0.3) is 16.5 Å². The third kappa shape index (κ3) is 4.52. The minimum atomic E-state index is -0.0880. The molecule has 0 saturated carbocycles. The molecular weight excluding hydrogens is 432 g/mol. The predicted molar refractivity (Wildman–Crippen MR) is 142 cm³/mol. The minimum absolute atomic E-state index is 0.00856. The van der Waals surface area contributed by atoms with Gasteiger partial charge in [0.2, 0.25) is 0 Å². The van der Waals surface area contributed by atoms with Crippen LogP contribution < -0.4 is 5.32 Å². The fourth-order valence-corrected chi connectivity index (χ4v) is 5.37. The molecule has 0 spiro atoms. The Morgan fingerprint density at radius 2 is 1.86 bits per heavy atom. The number of hydrogen-bond donors (Lipinski definition) is 2. The van der Waals surface area contributed by atoms with Gasteiger partial charge in [0.25, 0.3) is 5.91 Å². The summed E-state index contributed by atoms with van der Waals surface area (Å²) in [7, 11) is 4.37. The Kier molecular flexibility index (Phi) is 6.51. The zero-order valence-electron chi connectivity index (χ0n) is 20.4. The number of carbonyl (C=O) groups excluding carboxylic acids is 1. The van der Waals surface area contributed by atoms with Crippen LogP contribution in [-0.4, -0.2) is 41.4 Å². The summed E-state index contributed by atoms with van der Waals surface area (Å²) in [5.41, 5.74) is 6.96. The Hall–Kier alpha value is -3.70. The number of pyridine rings is 1. The third-order valence-electron chi connectivity index (χ3n) is 7.38. The predicted octanol–water partition coefficient (Wildman–Crippen LogP) is 5.56. The number of amides is 1. The molecule has 0 fully saturated rings. The standard InChI is InChI=1S/C30H32N4O/c1-34(2)30(24-10-4-3-5-11-24)17-14-22(15-18-30)28-26(25-12-6-7-13-27(25)33-28)16-20-32-29(35)23-9-8-19-31-21-23/h3-14,19,21,33H,15-18,20H2,1-2H3,(H,32,35). The zero-order chi connectivity index (χ0) is 24.3. The smallest absolute Gasteiger partial charge is 0.252 e. The van der Waals surface area contributed by atoms with Crippen molar-refractivity contribution in [3.8, 4) is 0 Å². The number of carbonyl (C=O) groups is 1. The number of rotatable bonds is 7. The van der Waals surface area contributed by atoms with E-state index in [1.54, 1.807) is 24.5 Å². The van der Waals surface area contributed by atoms with Gasteiger partial charge < -0.3 is 10.3 Å². The molecule has 5 heteroatoms. The molecule has 1 atom stereocenters. The summed E-state index contributed by atoms with van der Waals surface area (Å²) < 4.78 is 0. The van der Waals surface area contributed by atoms with E-state index in [2.05, 4.69) is 95.0 Å². The van der Waals surface area contributed by atoms with E-state index in [1.807, 2.05) is 0 Å². The zero-order valence-corrected chi connectivity index (χ0v) is 20.4. The van der Waals surface area contributed by atoms with Crippen molar-refractivity contribution in [3.05, 3.63) is 108 Å². The molecule has 1 aliphatic rings. The molecular formula is C30H32N4O. The number of allylic oxidation sites excluding steroid dienone is 1. The average molecular weight is 465 g/mol. The molecule has 1 aliphatic carbocycles. The van der Waals surface area contributed by atoms with Gasteiger partial charge in [-0.2, -0.15) is 0 Å². The second kappa shape index (κ2) is 9.88. The van der Waals surface area contributed by atoms with Crippen LogP contribution in [0.15, 0.2) is 85.2 Å². The molecule has 1 amide bonds. The lowest BCUT2D eigenvalue weighted by Gasteiger charge is -2.43. The fourth-order valence-electron chi connectivity index (χ4n) is 5.37. The molecule has 5 rings (SSSR count). The van der Waals surface area contributed by atoms with Crippen molar-refractivity contribution in [1.82, 2.24) is 20.2 Å². The lowest BCUT2D eigenvalue weighted by Crippen LogP contribution is -2.42. The van der Waals surface area contributed by atoms with Crippen LogP contribution >= 0.6 is 0 Å². The van der Waals surface area contributed by atoms with Gasteiger partial charge in [-0.3, -0.25) is 14.7 Å². The summed E-state index contributed by atoms with van der Waals surface area (Å²) in [6.07, 6.45) is 9.47. The number of fused-ring (bicyclic) bond motifs is 1. The Bertz CT molecular complexity index is 1340. The van der Waals surface area contributed by atoms with E-state index < -0.39 is 0 Å². The van der Waals surface area contributed by atoms with Crippen molar-refractivity contribution in [2.24, 2.45) is 0 Å². The monoisotopic (exact) mass is 464 g/mol. The number of aromatic amines is 1. The number of nitrogens with zero attached hydrogens (tertiary/aromatic N) is 2. The number of hydrogen-bond acceptors (Lipinski definition) is 3. The Morgan fingerprint density at radius 1 is 1.06 bits per heavy atom. The molecule has 178 valence electrons. The maximum atomic E-state index is 12.5. The van der Waals surface area contributed by atoms with Crippen LogP contribution in [0.3, 0.4) is 0 Å². The Labute approximate surface area is 206 Å². The maximum absolute atomic E-state index is 12.5. The highest BCUT2D eigenvalue weighted by Gasteiger charge is 2.36. The number of nitrogens with one attached hydrogen (secondary N) is 2. The number of benzene rings is 2. The van der Waals surface area contributed by atoms with Crippen molar-refractivity contribution in [3.63, 3.8) is 0 Å². The number of aromatic nitrogens is 2. The van der Waals surface area contributed by atoms with Crippen LogP contribution in [-0.2, 0) is 12.0 Å². The van der Waals surface area contributed by atoms with Crippen molar-refractivity contribution >= 4 is 22.4 Å². The van der Waals surface area contributed by atoms with Crippen molar-refractivity contribution < 1.29 is 4.79 Å². The molecule has 2 N–H and O–H groups in total. The first-order valence-corrected chi connectivity index (χ1v) is 12.3. The molecule has 35 heavy (non-hydrogen) atoms. The number of para-hydroxylation sites is 1. The first kappa shape index (κ1) is 23.1. The lowest BCUT2D eigenvalue weighted by molar-refractivity contribution is 0.0954. The highest BCUT2D eigenvalue weighted by molar-refractivity contribution is 5.94. The fraction of sp³-hybridized carbons (Fsp3) is 0.267. The first-order chi connectivity index (χ1) is 17.1. The Balaban J connectivity index is 1.41. The highest BCUT2D eigenvalue weighted by atomic mass is 16.1. The van der Waals surface area contributed by atoms with Gasteiger partial charge in [0, 0.05) is 41.1 Å². The summed E-state index contributed by atoms with van der Waals surface area (Å²) in [5.74, 6) is -0.0880. The van der Waals surface area contributed by atoms with E-state index >= 15 is 0 Å². The molecule has 1 unspecified atom stereocenters. The average Bonchev–Trinajstić information content (AvgIpc) is 3.28. The molecule has 2 aromatic carbocycles. The molecule has 0 aliphatic heterocycles. The summed E-state index contributed by atoms with van der Waals surface area (Å²) >= 11 is 0. The normalized spacial score (nSPS) is 18.0. The lowest BCUT2D eigenvalue weighted by atomic mass is 9.75. The van der Waals surface area contributed by atoms with Crippen molar-refractivity contribution in [2.75, 3.05) is 20.6 Å². The molecule has 0 saturated heterocycles. The van der Waals surface area contributed by atoms with Gasteiger partial charge in [-0.25, -0.2) is 0 Å². The van der Waals surface area contributed by atoms with E-state index in [9.17, 15) is 4.79 Å². The molecule has 0 radical (unpaired) electrons. The van der Waals surface area contributed by atoms with E-state index in [0.717, 1.165) is 31.2 Å². The quantitative estimate of drug-likeness (QED) is 0.376. The first-order valence-electron chi connectivity index (χ1n) is 12.3. The summed E-state index contributed by atoms with van der Waals surface area (Å²) in [6.45, 7) is 0.571. The van der Waals surface area contributed by atoms with Gasteiger partial charge in [-0.15, -0.1) is 0 Å². The van der Waals surface area contributed by atoms with Gasteiger partial charge in [0.05, 0.1) is 5.56 Å². The summed E-state index contributed by atoms with van der Waals surface area (Å²) in [4.78, 5) is 22.6.